The van der Waals surface area contributed by atoms with Crippen LogP contribution in [-0.2, 0) is 35.2 Å². The first-order chi connectivity index (χ1) is 21.8. The van der Waals surface area contributed by atoms with Gasteiger partial charge in [0.15, 0.2) is 11.9 Å². The van der Waals surface area contributed by atoms with Gasteiger partial charge in [0.25, 0.3) is 0 Å². The summed E-state index contributed by atoms with van der Waals surface area (Å²) in [4.78, 5) is 82.2. The number of amides is 5. The smallest absolute Gasteiger partial charge is 0.326 e. The van der Waals surface area contributed by atoms with Crippen molar-refractivity contribution >= 4 is 47.4 Å². The molecule has 0 aromatic heterocycles. The molecule has 0 fully saturated rings. The third kappa shape index (κ3) is 17.0. The molecule has 0 aliphatic rings. The minimum absolute atomic E-state index is 0.0275. The van der Waals surface area contributed by atoms with Gasteiger partial charge < -0.3 is 60.4 Å². The highest BCUT2D eigenvalue weighted by Crippen LogP contribution is 2.06. The highest BCUT2D eigenvalue weighted by molar-refractivity contribution is 5.94. The van der Waals surface area contributed by atoms with E-state index >= 15 is 0 Å². The molecule has 0 saturated carbocycles. The second kappa shape index (κ2) is 21.3. The number of nitrogens with two attached hydrogens (primary N) is 5. The van der Waals surface area contributed by atoms with Gasteiger partial charge in [0.1, 0.15) is 18.1 Å². The summed E-state index contributed by atoms with van der Waals surface area (Å²) >= 11 is 0. The van der Waals surface area contributed by atoms with E-state index in [1.54, 1.807) is 30.3 Å². The summed E-state index contributed by atoms with van der Waals surface area (Å²) < 4.78 is 0. The van der Waals surface area contributed by atoms with E-state index in [0.29, 0.717) is 5.56 Å². The predicted molar refractivity (Wildman–Crippen MR) is 168 cm³/mol. The molecule has 46 heavy (non-hydrogen) atoms. The number of aliphatic carboxylic acids is 1. The van der Waals surface area contributed by atoms with Gasteiger partial charge in [-0.15, -0.1) is 0 Å². The van der Waals surface area contributed by atoms with E-state index in [1.165, 1.54) is 0 Å². The molecule has 0 bridgehead atoms. The number of carbonyl (C=O) groups is 6. The van der Waals surface area contributed by atoms with E-state index in [1.807, 2.05) is 0 Å². The Morgan fingerprint density at radius 2 is 1.20 bits per heavy atom. The molecular formula is C27H44N12O7. The maximum atomic E-state index is 13.4. The number of carbonyl (C=O) groups excluding carboxylic acids is 5. The van der Waals surface area contributed by atoms with Crippen LogP contribution in [0, 0.1) is 0 Å². The Kier molecular flexibility index (Phi) is 17.8. The third-order valence-corrected chi connectivity index (χ3v) is 6.15. The van der Waals surface area contributed by atoms with Crippen LogP contribution >= 0.6 is 0 Å². The fourth-order valence-electron chi connectivity index (χ4n) is 3.90. The van der Waals surface area contributed by atoms with Gasteiger partial charge in [-0.2, -0.15) is 0 Å². The van der Waals surface area contributed by atoms with Gasteiger partial charge in [-0.05, 0) is 31.2 Å². The quantitative estimate of drug-likeness (QED) is 0.0339. The summed E-state index contributed by atoms with van der Waals surface area (Å²) in [6, 6.07) is 5.14. The van der Waals surface area contributed by atoms with E-state index in [0.717, 1.165) is 0 Å². The third-order valence-electron chi connectivity index (χ3n) is 6.15. The van der Waals surface area contributed by atoms with E-state index in [2.05, 4.69) is 36.6 Å². The molecule has 0 unspecified atom stereocenters. The summed E-state index contributed by atoms with van der Waals surface area (Å²) in [5.41, 5.74) is 27.1. The molecule has 1 aromatic carbocycles. The van der Waals surface area contributed by atoms with Crippen LogP contribution in [0.3, 0.4) is 0 Å². The van der Waals surface area contributed by atoms with Crippen molar-refractivity contribution in [2.45, 2.75) is 50.2 Å². The van der Waals surface area contributed by atoms with Gasteiger partial charge in [0.2, 0.25) is 29.5 Å². The summed E-state index contributed by atoms with van der Waals surface area (Å²) in [5, 5.41) is 21.6. The lowest BCUT2D eigenvalue weighted by molar-refractivity contribution is -0.142. The number of carboxylic acid groups (broad SMARTS) is 1. The Labute approximate surface area is 265 Å². The van der Waals surface area contributed by atoms with Crippen molar-refractivity contribution in [3.8, 4) is 0 Å². The first kappa shape index (κ1) is 38.6. The molecule has 0 aliphatic carbocycles. The maximum Gasteiger partial charge on any atom is 0.326 e. The standard InChI is InChI=1S/C27H44N12O7/c28-13-20(40)35-14-21(41)38-19(12-16-6-2-1-3-7-16)24(44)39-17(8-4-10-33-26(29)30)23(43)36-15-22(42)37-18(25(45)46)9-5-11-34-27(31)32/h1-3,6-7,17-19H,4-5,8-15,28H2,(H,35,40)(H,36,43)(H,37,42)(H,38,41)(H,39,44)(H,45,46)(H4,29,30,33)(H4,31,32,34)/t17-,18-,19-/m0/s1. The van der Waals surface area contributed by atoms with Crippen LogP contribution in [-0.4, -0.2) is 103 Å². The molecule has 0 spiro atoms. The maximum absolute atomic E-state index is 13.4. The lowest BCUT2D eigenvalue weighted by Crippen LogP contribution is -2.56. The zero-order chi connectivity index (χ0) is 34.5. The average molecular weight is 649 g/mol. The van der Waals surface area contributed by atoms with Gasteiger partial charge in [0, 0.05) is 19.5 Å². The zero-order valence-corrected chi connectivity index (χ0v) is 25.4. The minimum atomic E-state index is -1.29. The Hall–Kier alpha value is -5.46. The Balaban J connectivity index is 2.99. The number of carboxylic acids is 1. The summed E-state index contributed by atoms with van der Waals surface area (Å²) in [6.07, 6.45) is 0.635. The summed E-state index contributed by atoms with van der Waals surface area (Å²) in [5.74, 6) is -5.11. The van der Waals surface area contributed by atoms with Crippen molar-refractivity contribution in [1.82, 2.24) is 26.6 Å². The topological polar surface area (TPSA) is 338 Å². The van der Waals surface area contributed by atoms with Crippen LogP contribution in [0.4, 0.5) is 0 Å². The fraction of sp³-hybridized carbons (Fsp3) is 0.481. The molecule has 16 N–H and O–H groups in total. The van der Waals surface area contributed by atoms with Crippen molar-refractivity contribution in [3.63, 3.8) is 0 Å². The minimum Gasteiger partial charge on any atom is -0.480 e. The summed E-state index contributed by atoms with van der Waals surface area (Å²) in [6.45, 7) is -1.06. The van der Waals surface area contributed by atoms with Crippen LogP contribution < -0.4 is 55.3 Å². The second-order valence-corrected chi connectivity index (χ2v) is 9.93. The Morgan fingerprint density at radius 3 is 1.72 bits per heavy atom. The lowest BCUT2D eigenvalue weighted by atomic mass is 10.0. The van der Waals surface area contributed by atoms with E-state index in [9.17, 15) is 33.9 Å². The molecule has 1 rings (SSSR count). The molecular weight excluding hydrogens is 604 g/mol. The van der Waals surface area contributed by atoms with Gasteiger partial charge in [-0.3, -0.25) is 34.0 Å². The molecule has 1 aromatic rings. The van der Waals surface area contributed by atoms with Crippen LogP contribution in [0.25, 0.3) is 0 Å². The van der Waals surface area contributed by atoms with E-state index < -0.39 is 66.7 Å². The molecule has 3 atom stereocenters. The first-order valence-electron chi connectivity index (χ1n) is 14.3. The van der Waals surface area contributed by atoms with Gasteiger partial charge in [-0.1, -0.05) is 30.3 Å². The van der Waals surface area contributed by atoms with E-state index in [4.69, 9.17) is 28.7 Å². The number of nitrogens with zero attached hydrogens (tertiary/aromatic N) is 2. The zero-order valence-electron chi connectivity index (χ0n) is 25.4. The number of rotatable bonds is 21. The van der Waals surface area contributed by atoms with Crippen molar-refractivity contribution < 1.29 is 33.9 Å². The molecule has 0 aliphatic heterocycles. The first-order valence-corrected chi connectivity index (χ1v) is 14.3. The number of hydrogen-bond acceptors (Lipinski definition) is 9. The van der Waals surface area contributed by atoms with Crippen LogP contribution in [0.15, 0.2) is 40.3 Å². The largest absolute Gasteiger partial charge is 0.480 e. The molecule has 0 radical (unpaired) electrons. The highest BCUT2D eigenvalue weighted by atomic mass is 16.4. The van der Waals surface area contributed by atoms with Crippen molar-refractivity contribution in [3.05, 3.63) is 35.9 Å². The van der Waals surface area contributed by atoms with Crippen molar-refractivity contribution in [2.75, 3.05) is 32.7 Å². The number of benzene rings is 1. The van der Waals surface area contributed by atoms with Gasteiger partial charge in [-0.25, -0.2) is 4.79 Å². The lowest BCUT2D eigenvalue weighted by Gasteiger charge is -2.23. The van der Waals surface area contributed by atoms with Gasteiger partial charge >= 0.3 is 5.97 Å². The molecule has 19 nitrogen and oxygen atoms in total. The number of nitrogens with one attached hydrogen (secondary N) is 5. The van der Waals surface area contributed by atoms with Crippen LogP contribution in [0.2, 0.25) is 0 Å². The van der Waals surface area contributed by atoms with Gasteiger partial charge in [0.05, 0.1) is 19.6 Å². The number of hydrogen-bond donors (Lipinski definition) is 11. The molecule has 0 heterocycles. The van der Waals surface area contributed by atoms with Crippen LogP contribution in [0.1, 0.15) is 31.2 Å². The molecule has 254 valence electrons. The average Bonchev–Trinajstić information content (AvgIpc) is 3.01. The fourth-order valence-corrected chi connectivity index (χ4v) is 3.90. The van der Waals surface area contributed by atoms with Crippen LogP contribution in [0.5, 0.6) is 0 Å². The number of guanidine groups is 2. The summed E-state index contributed by atoms with van der Waals surface area (Å²) in [7, 11) is 0. The normalized spacial score (nSPS) is 12.3. The molecule has 5 amide bonds. The SMILES string of the molecule is NCC(=O)NCC(=O)N[C@@H](Cc1ccccc1)C(=O)N[C@@H](CCCN=C(N)N)C(=O)NCC(=O)N[C@@H](CCCN=C(N)N)C(=O)O. The number of aliphatic imine (C=N–C) groups is 2. The second-order valence-electron chi connectivity index (χ2n) is 9.93. The predicted octanol–water partition coefficient (Wildman–Crippen LogP) is -4.93. The monoisotopic (exact) mass is 648 g/mol. The Morgan fingerprint density at radius 1 is 0.674 bits per heavy atom. The Bertz CT molecular complexity index is 1230. The van der Waals surface area contributed by atoms with Crippen molar-refractivity contribution in [1.29, 1.82) is 0 Å². The molecule has 0 saturated heterocycles. The molecule has 19 heteroatoms. The van der Waals surface area contributed by atoms with Crippen molar-refractivity contribution in [2.24, 2.45) is 38.7 Å². The highest BCUT2D eigenvalue weighted by Gasteiger charge is 2.28. The van der Waals surface area contributed by atoms with E-state index in [-0.39, 0.29) is 63.7 Å².